The molecule has 76 valence electrons. The van der Waals surface area contributed by atoms with Crippen molar-refractivity contribution in [3.63, 3.8) is 0 Å². The SMILES string of the molecule is O=C(O)c1n[nH]c2c1C(F)(F)CCC2. The number of aromatic amines is 1. The number of rotatable bonds is 1. The Morgan fingerprint density at radius 3 is 2.93 bits per heavy atom. The fourth-order valence-electron chi connectivity index (χ4n) is 1.72. The summed E-state index contributed by atoms with van der Waals surface area (Å²) in [5, 5.41) is 14.4. The molecule has 0 unspecified atom stereocenters. The van der Waals surface area contributed by atoms with E-state index in [1.807, 2.05) is 0 Å². The standard InChI is InChI=1S/C8H8F2N2O2/c9-8(10)3-1-2-4-5(8)6(7(13)14)12-11-4/h1-3H2,(H,11,12)(H,13,14). The van der Waals surface area contributed by atoms with Crippen LogP contribution in [0.25, 0.3) is 0 Å². The number of nitrogens with one attached hydrogen (secondary N) is 1. The molecule has 0 aliphatic heterocycles. The second-order valence-electron chi connectivity index (χ2n) is 3.29. The summed E-state index contributed by atoms with van der Waals surface area (Å²) in [6, 6.07) is 0. The number of halogens is 2. The number of carboxylic acids is 1. The zero-order chi connectivity index (χ0) is 10.3. The highest BCUT2D eigenvalue weighted by atomic mass is 19.3. The Labute approximate surface area is 77.9 Å². The molecule has 0 spiro atoms. The first kappa shape index (κ1) is 9.11. The van der Waals surface area contributed by atoms with Gasteiger partial charge < -0.3 is 5.11 Å². The fourth-order valence-corrected chi connectivity index (χ4v) is 1.72. The predicted octanol–water partition coefficient (Wildman–Crippen LogP) is 1.54. The van der Waals surface area contributed by atoms with Gasteiger partial charge >= 0.3 is 5.97 Å². The maximum absolute atomic E-state index is 13.3. The van der Waals surface area contributed by atoms with Crippen LogP contribution >= 0.6 is 0 Å². The molecule has 0 radical (unpaired) electrons. The molecular weight excluding hydrogens is 194 g/mol. The summed E-state index contributed by atoms with van der Waals surface area (Å²) in [4.78, 5) is 10.6. The first-order chi connectivity index (χ1) is 6.52. The van der Waals surface area contributed by atoms with Crippen molar-refractivity contribution in [1.29, 1.82) is 0 Å². The lowest BCUT2D eigenvalue weighted by Crippen LogP contribution is -2.22. The molecule has 6 heteroatoms. The lowest BCUT2D eigenvalue weighted by Gasteiger charge is -2.21. The summed E-state index contributed by atoms with van der Waals surface area (Å²) >= 11 is 0. The summed E-state index contributed by atoms with van der Waals surface area (Å²) in [7, 11) is 0. The number of fused-ring (bicyclic) bond motifs is 1. The lowest BCUT2D eigenvalue weighted by molar-refractivity contribution is -0.0229. The van der Waals surface area contributed by atoms with E-state index in [9.17, 15) is 13.6 Å². The molecule has 0 fully saturated rings. The van der Waals surface area contributed by atoms with Crippen molar-refractivity contribution in [1.82, 2.24) is 10.2 Å². The van der Waals surface area contributed by atoms with Crippen molar-refractivity contribution in [3.05, 3.63) is 17.0 Å². The minimum Gasteiger partial charge on any atom is -0.476 e. The van der Waals surface area contributed by atoms with Crippen molar-refractivity contribution >= 4 is 5.97 Å². The van der Waals surface area contributed by atoms with Gasteiger partial charge in [-0.2, -0.15) is 5.10 Å². The number of aryl methyl sites for hydroxylation is 1. The van der Waals surface area contributed by atoms with Gasteiger partial charge in [0.15, 0.2) is 5.69 Å². The molecule has 4 nitrogen and oxygen atoms in total. The second-order valence-corrected chi connectivity index (χ2v) is 3.29. The van der Waals surface area contributed by atoms with Gasteiger partial charge in [-0.25, -0.2) is 13.6 Å². The number of alkyl halides is 2. The summed E-state index contributed by atoms with van der Waals surface area (Å²) in [5.74, 6) is -4.47. The van der Waals surface area contributed by atoms with Crippen LogP contribution in [0.15, 0.2) is 0 Å². The van der Waals surface area contributed by atoms with Crippen molar-refractivity contribution in [3.8, 4) is 0 Å². The van der Waals surface area contributed by atoms with Crippen LogP contribution in [-0.4, -0.2) is 21.3 Å². The number of aromatic nitrogens is 2. The molecule has 0 saturated carbocycles. The molecular formula is C8H8F2N2O2. The van der Waals surface area contributed by atoms with Crippen LogP contribution in [0.4, 0.5) is 8.78 Å². The molecule has 0 bridgehead atoms. The van der Waals surface area contributed by atoms with E-state index in [0.29, 0.717) is 12.8 Å². The molecule has 14 heavy (non-hydrogen) atoms. The van der Waals surface area contributed by atoms with Gasteiger partial charge in [0.2, 0.25) is 0 Å². The number of hydrogen-bond acceptors (Lipinski definition) is 2. The van der Waals surface area contributed by atoms with E-state index >= 15 is 0 Å². The normalized spacial score (nSPS) is 19.0. The average molecular weight is 202 g/mol. The third kappa shape index (κ3) is 1.18. The van der Waals surface area contributed by atoms with E-state index in [0.717, 1.165) is 0 Å². The summed E-state index contributed by atoms with van der Waals surface area (Å²) < 4.78 is 26.7. The summed E-state index contributed by atoms with van der Waals surface area (Å²) in [6.45, 7) is 0. The first-order valence-corrected chi connectivity index (χ1v) is 4.21. The molecule has 2 rings (SSSR count). The number of H-pyrrole nitrogens is 1. The van der Waals surface area contributed by atoms with Crippen LogP contribution in [0.1, 0.15) is 34.6 Å². The van der Waals surface area contributed by atoms with Crippen LogP contribution in [0.5, 0.6) is 0 Å². The highest BCUT2D eigenvalue weighted by Gasteiger charge is 2.42. The molecule has 0 aromatic carbocycles. The van der Waals surface area contributed by atoms with Gasteiger partial charge in [-0.15, -0.1) is 0 Å². The Kier molecular flexibility index (Phi) is 1.80. The number of carbonyl (C=O) groups is 1. The Morgan fingerprint density at radius 2 is 2.29 bits per heavy atom. The van der Waals surface area contributed by atoms with Crippen molar-refractivity contribution in [2.45, 2.75) is 25.2 Å². The first-order valence-electron chi connectivity index (χ1n) is 4.21. The maximum atomic E-state index is 13.3. The third-order valence-electron chi connectivity index (χ3n) is 2.33. The molecule has 2 N–H and O–H groups in total. The quantitative estimate of drug-likeness (QED) is 0.725. The zero-order valence-corrected chi connectivity index (χ0v) is 7.18. The number of hydrogen-bond donors (Lipinski definition) is 2. The highest BCUT2D eigenvalue weighted by molar-refractivity contribution is 5.87. The monoisotopic (exact) mass is 202 g/mol. The van der Waals surface area contributed by atoms with E-state index in [-0.39, 0.29) is 12.1 Å². The minimum atomic E-state index is -3.06. The Bertz CT molecular complexity index is 387. The molecule has 1 heterocycles. The highest BCUT2D eigenvalue weighted by Crippen LogP contribution is 2.40. The smallest absolute Gasteiger partial charge is 0.356 e. The third-order valence-corrected chi connectivity index (χ3v) is 2.33. The van der Waals surface area contributed by atoms with Gasteiger partial charge in [-0.05, 0) is 12.8 Å². The lowest BCUT2D eigenvalue weighted by atomic mass is 9.92. The van der Waals surface area contributed by atoms with E-state index in [1.165, 1.54) is 0 Å². The number of aromatic carboxylic acids is 1. The van der Waals surface area contributed by atoms with E-state index < -0.39 is 23.1 Å². The van der Waals surface area contributed by atoms with E-state index in [4.69, 9.17) is 5.11 Å². The molecule has 0 saturated heterocycles. The average Bonchev–Trinajstić information content (AvgIpc) is 2.48. The Balaban J connectivity index is 2.58. The van der Waals surface area contributed by atoms with Gasteiger partial charge in [-0.3, -0.25) is 5.10 Å². The number of nitrogens with zero attached hydrogens (tertiary/aromatic N) is 1. The van der Waals surface area contributed by atoms with E-state index in [2.05, 4.69) is 10.2 Å². The van der Waals surface area contributed by atoms with Gasteiger partial charge in [0, 0.05) is 12.1 Å². The van der Waals surface area contributed by atoms with Crippen LogP contribution in [0.3, 0.4) is 0 Å². The molecule has 1 aromatic rings. The molecule has 1 aliphatic rings. The van der Waals surface area contributed by atoms with Gasteiger partial charge in [0.25, 0.3) is 5.92 Å². The van der Waals surface area contributed by atoms with Crippen molar-refractivity contribution in [2.75, 3.05) is 0 Å². The Morgan fingerprint density at radius 1 is 1.57 bits per heavy atom. The molecule has 0 atom stereocenters. The largest absolute Gasteiger partial charge is 0.476 e. The van der Waals surface area contributed by atoms with Crippen LogP contribution in [-0.2, 0) is 12.3 Å². The topological polar surface area (TPSA) is 66.0 Å². The van der Waals surface area contributed by atoms with Crippen LogP contribution in [0.2, 0.25) is 0 Å². The van der Waals surface area contributed by atoms with Crippen molar-refractivity contribution < 1.29 is 18.7 Å². The maximum Gasteiger partial charge on any atom is 0.356 e. The summed E-state index contributed by atoms with van der Waals surface area (Å²) in [5.41, 5.74) is -0.736. The molecule has 1 aliphatic carbocycles. The number of carboxylic acid groups (broad SMARTS) is 1. The van der Waals surface area contributed by atoms with Crippen molar-refractivity contribution in [2.24, 2.45) is 0 Å². The van der Waals surface area contributed by atoms with Crippen LogP contribution in [0, 0.1) is 0 Å². The second kappa shape index (κ2) is 2.76. The minimum absolute atomic E-state index is 0.249. The van der Waals surface area contributed by atoms with Crippen LogP contribution < -0.4 is 0 Å². The zero-order valence-electron chi connectivity index (χ0n) is 7.18. The van der Waals surface area contributed by atoms with Gasteiger partial charge in [-0.1, -0.05) is 0 Å². The fraction of sp³-hybridized carbons (Fsp3) is 0.500. The van der Waals surface area contributed by atoms with Gasteiger partial charge in [0.1, 0.15) is 0 Å². The predicted molar refractivity (Wildman–Crippen MR) is 42.4 cm³/mol. The molecule has 1 aromatic heterocycles. The van der Waals surface area contributed by atoms with E-state index in [1.54, 1.807) is 0 Å². The molecule has 0 amide bonds. The van der Waals surface area contributed by atoms with Gasteiger partial charge in [0.05, 0.1) is 5.56 Å². The Hall–Kier alpha value is -1.46. The summed E-state index contributed by atoms with van der Waals surface area (Å²) in [6.07, 6.45) is 0.478.